The lowest BCUT2D eigenvalue weighted by Gasteiger charge is -2.11. The first-order chi connectivity index (χ1) is 13.5. The molecule has 0 aliphatic heterocycles. The molecular formula is C20H23N3O5. The Balaban J connectivity index is 1.95. The Labute approximate surface area is 163 Å². The molecule has 8 nitrogen and oxygen atoms in total. The number of hydrazone groups is 1. The van der Waals surface area contributed by atoms with Crippen LogP contribution >= 0.6 is 0 Å². The molecular weight excluding hydrogens is 362 g/mol. The van der Waals surface area contributed by atoms with Crippen molar-refractivity contribution in [3.05, 3.63) is 53.1 Å². The van der Waals surface area contributed by atoms with Gasteiger partial charge in [0.1, 0.15) is 5.75 Å². The summed E-state index contributed by atoms with van der Waals surface area (Å²) in [7, 11) is 4.55. The Morgan fingerprint density at radius 2 is 1.68 bits per heavy atom. The van der Waals surface area contributed by atoms with E-state index in [0.717, 1.165) is 5.56 Å². The largest absolute Gasteiger partial charge is 0.496 e. The van der Waals surface area contributed by atoms with Crippen molar-refractivity contribution in [2.45, 2.75) is 6.92 Å². The van der Waals surface area contributed by atoms with Crippen LogP contribution in [-0.2, 0) is 4.79 Å². The van der Waals surface area contributed by atoms with Crippen LogP contribution in [0, 0.1) is 6.92 Å². The number of hydrogen-bond acceptors (Lipinski definition) is 6. The molecule has 2 rings (SSSR count). The molecule has 28 heavy (non-hydrogen) atoms. The normalized spacial score (nSPS) is 10.4. The fourth-order valence-corrected chi connectivity index (χ4v) is 2.42. The van der Waals surface area contributed by atoms with E-state index in [1.807, 2.05) is 13.0 Å². The van der Waals surface area contributed by atoms with Gasteiger partial charge in [-0.1, -0.05) is 17.7 Å². The Hall–Kier alpha value is -3.55. The molecule has 2 N–H and O–H groups in total. The van der Waals surface area contributed by atoms with Gasteiger partial charge in [0.2, 0.25) is 0 Å². The molecule has 0 unspecified atom stereocenters. The minimum absolute atomic E-state index is 0.201. The molecule has 0 bridgehead atoms. The lowest BCUT2D eigenvalue weighted by molar-refractivity contribution is -0.120. The maximum atomic E-state index is 12.0. The maximum Gasteiger partial charge on any atom is 0.259 e. The quantitative estimate of drug-likeness (QED) is 0.534. The molecule has 0 saturated carbocycles. The van der Waals surface area contributed by atoms with Gasteiger partial charge in [-0.15, -0.1) is 0 Å². The van der Waals surface area contributed by atoms with Gasteiger partial charge in [0.15, 0.2) is 11.5 Å². The number of methoxy groups -OCH3 is 3. The highest BCUT2D eigenvalue weighted by Gasteiger charge is 2.11. The standard InChI is InChI=1S/C20H23N3O5/c1-13-6-5-7-14(8-13)20(25)21-12-19(24)23-22-11-15-9-17(27-3)18(28-4)10-16(15)26-2/h5-11H,12H2,1-4H3,(H,21,25)(H,23,24)/b22-11-. The van der Waals surface area contributed by atoms with E-state index in [2.05, 4.69) is 15.8 Å². The zero-order chi connectivity index (χ0) is 20.5. The van der Waals surface area contributed by atoms with E-state index in [-0.39, 0.29) is 12.5 Å². The second kappa shape index (κ2) is 9.96. The molecule has 0 aliphatic carbocycles. The van der Waals surface area contributed by atoms with E-state index in [4.69, 9.17) is 14.2 Å². The molecule has 148 valence electrons. The molecule has 0 spiro atoms. The van der Waals surface area contributed by atoms with Crippen molar-refractivity contribution < 1.29 is 23.8 Å². The summed E-state index contributed by atoms with van der Waals surface area (Å²) in [6.07, 6.45) is 1.42. The first kappa shape index (κ1) is 20.8. The zero-order valence-electron chi connectivity index (χ0n) is 16.2. The van der Waals surface area contributed by atoms with Crippen molar-refractivity contribution in [1.82, 2.24) is 10.7 Å². The number of rotatable bonds is 8. The predicted octanol–water partition coefficient (Wildman–Crippen LogP) is 1.90. The highest BCUT2D eigenvalue weighted by atomic mass is 16.5. The van der Waals surface area contributed by atoms with Gasteiger partial charge in [0, 0.05) is 17.2 Å². The van der Waals surface area contributed by atoms with Crippen molar-refractivity contribution in [2.24, 2.45) is 5.10 Å². The monoisotopic (exact) mass is 385 g/mol. The number of nitrogens with zero attached hydrogens (tertiary/aromatic N) is 1. The highest BCUT2D eigenvalue weighted by molar-refractivity contribution is 5.96. The number of nitrogens with one attached hydrogen (secondary N) is 2. The number of carbonyl (C=O) groups excluding carboxylic acids is 2. The van der Waals surface area contributed by atoms with Crippen LogP contribution in [0.4, 0.5) is 0 Å². The number of carbonyl (C=O) groups is 2. The topological polar surface area (TPSA) is 98.2 Å². The van der Waals surface area contributed by atoms with Gasteiger partial charge >= 0.3 is 0 Å². The summed E-state index contributed by atoms with van der Waals surface area (Å²) in [6.45, 7) is 1.69. The van der Waals surface area contributed by atoms with Crippen LogP contribution in [0.5, 0.6) is 17.2 Å². The number of aryl methyl sites for hydroxylation is 1. The summed E-state index contributed by atoms with van der Waals surface area (Å²) in [5.41, 5.74) is 4.40. The number of ether oxygens (including phenoxy) is 3. The fraction of sp³-hybridized carbons (Fsp3) is 0.250. The molecule has 0 heterocycles. The zero-order valence-corrected chi connectivity index (χ0v) is 16.2. The van der Waals surface area contributed by atoms with Crippen LogP contribution in [0.1, 0.15) is 21.5 Å². The second-order valence-electron chi connectivity index (χ2n) is 5.79. The van der Waals surface area contributed by atoms with Crippen molar-refractivity contribution in [3.63, 3.8) is 0 Å². The van der Waals surface area contributed by atoms with E-state index in [1.165, 1.54) is 27.5 Å². The van der Waals surface area contributed by atoms with Gasteiger partial charge < -0.3 is 19.5 Å². The molecule has 0 aliphatic rings. The fourth-order valence-electron chi connectivity index (χ4n) is 2.42. The van der Waals surface area contributed by atoms with E-state index < -0.39 is 5.91 Å². The Morgan fingerprint density at radius 3 is 2.32 bits per heavy atom. The smallest absolute Gasteiger partial charge is 0.259 e. The Bertz CT molecular complexity index is 880. The second-order valence-corrected chi connectivity index (χ2v) is 5.79. The Morgan fingerprint density at radius 1 is 1.00 bits per heavy atom. The summed E-state index contributed by atoms with van der Waals surface area (Å²) in [5, 5.41) is 6.44. The van der Waals surface area contributed by atoms with Crippen molar-refractivity contribution in [1.29, 1.82) is 0 Å². The lowest BCUT2D eigenvalue weighted by atomic mass is 10.1. The molecule has 0 atom stereocenters. The molecule has 0 aromatic heterocycles. The Kier molecular flexibility index (Phi) is 7.38. The minimum atomic E-state index is -0.461. The van der Waals surface area contributed by atoms with E-state index in [1.54, 1.807) is 30.3 Å². The van der Waals surface area contributed by atoms with Crippen LogP contribution in [0.15, 0.2) is 41.5 Å². The third-order valence-electron chi connectivity index (χ3n) is 3.82. The average Bonchev–Trinajstić information content (AvgIpc) is 2.71. The van der Waals surface area contributed by atoms with Gasteiger partial charge in [-0.05, 0) is 25.1 Å². The third kappa shape index (κ3) is 5.47. The first-order valence-corrected chi connectivity index (χ1v) is 8.45. The molecule has 0 saturated heterocycles. The number of benzene rings is 2. The van der Waals surface area contributed by atoms with E-state index >= 15 is 0 Å². The van der Waals surface area contributed by atoms with Gasteiger partial charge in [-0.3, -0.25) is 9.59 Å². The lowest BCUT2D eigenvalue weighted by Crippen LogP contribution is -2.34. The number of amides is 2. The maximum absolute atomic E-state index is 12.0. The van der Waals surface area contributed by atoms with Crippen molar-refractivity contribution >= 4 is 18.0 Å². The summed E-state index contributed by atoms with van der Waals surface area (Å²) in [6, 6.07) is 10.4. The summed E-state index contributed by atoms with van der Waals surface area (Å²) in [4.78, 5) is 23.9. The molecule has 2 aromatic rings. The molecule has 2 amide bonds. The van der Waals surface area contributed by atoms with E-state index in [9.17, 15) is 9.59 Å². The highest BCUT2D eigenvalue weighted by Crippen LogP contribution is 2.33. The van der Waals surface area contributed by atoms with Crippen molar-refractivity contribution in [3.8, 4) is 17.2 Å². The minimum Gasteiger partial charge on any atom is -0.496 e. The summed E-state index contributed by atoms with van der Waals surface area (Å²) >= 11 is 0. The number of hydrogen-bond donors (Lipinski definition) is 2. The van der Waals surface area contributed by atoms with Gasteiger partial charge in [-0.25, -0.2) is 5.43 Å². The van der Waals surface area contributed by atoms with Gasteiger partial charge in [0.25, 0.3) is 11.8 Å². The summed E-state index contributed by atoms with van der Waals surface area (Å²) < 4.78 is 15.7. The summed E-state index contributed by atoms with van der Waals surface area (Å²) in [5.74, 6) is 0.727. The van der Waals surface area contributed by atoms with Crippen LogP contribution in [0.3, 0.4) is 0 Å². The molecule has 0 radical (unpaired) electrons. The van der Waals surface area contributed by atoms with Gasteiger partial charge in [0.05, 0.1) is 34.1 Å². The first-order valence-electron chi connectivity index (χ1n) is 8.45. The molecule has 2 aromatic carbocycles. The van der Waals surface area contributed by atoms with Crippen LogP contribution in [0.2, 0.25) is 0 Å². The SMILES string of the molecule is COc1cc(OC)c(OC)cc1/C=N\NC(=O)CNC(=O)c1cccc(C)c1. The predicted molar refractivity (Wildman–Crippen MR) is 105 cm³/mol. The third-order valence-corrected chi connectivity index (χ3v) is 3.82. The molecule has 0 fully saturated rings. The van der Waals surface area contributed by atoms with Gasteiger partial charge in [-0.2, -0.15) is 5.10 Å². The van der Waals surface area contributed by atoms with Crippen LogP contribution in [0.25, 0.3) is 0 Å². The van der Waals surface area contributed by atoms with E-state index in [0.29, 0.717) is 28.4 Å². The molecule has 8 heteroatoms. The van der Waals surface area contributed by atoms with Crippen molar-refractivity contribution in [2.75, 3.05) is 27.9 Å². The van der Waals surface area contributed by atoms with Crippen LogP contribution in [-0.4, -0.2) is 45.9 Å². The van der Waals surface area contributed by atoms with Crippen LogP contribution < -0.4 is 25.0 Å². The average molecular weight is 385 g/mol.